The molecule has 2 N–H and O–H groups in total. The van der Waals surface area contributed by atoms with Gasteiger partial charge in [0.2, 0.25) is 21.1 Å². The van der Waals surface area contributed by atoms with Gasteiger partial charge < -0.3 is 5.32 Å². The smallest absolute Gasteiger partial charge is 0.257 e. The lowest BCUT2D eigenvalue weighted by molar-refractivity contribution is -0.113. The van der Waals surface area contributed by atoms with Gasteiger partial charge in [-0.1, -0.05) is 54.6 Å². The Morgan fingerprint density at radius 2 is 1.76 bits per heavy atom. The highest BCUT2D eigenvalue weighted by Gasteiger charge is 2.22. The average Bonchev–Trinajstić information content (AvgIpc) is 3.25. The van der Waals surface area contributed by atoms with Gasteiger partial charge in [-0.05, 0) is 42.5 Å². The number of hydrogen-bond acceptors (Lipinski definition) is 8. The Hall–Kier alpha value is -2.51. The van der Waals surface area contributed by atoms with Crippen molar-refractivity contribution in [1.29, 1.82) is 0 Å². The minimum Gasteiger partial charge on any atom is -0.325 e. The predicted molar refractivity (Wildman–Crippen MR) is 135 cm³/mol. The van der Waals surface area contributed by atoms with E-state index >= 15 is 0 Å². The number of aromatic nitrogens is 2. The van der Waals surface area contributed by atoms with Crippen molar-refractivity contribution in [3.8, 4) is 0 Å². The van der Waals surface area contributed by atoms with Crippen LogP contribution >= 0.6 is 34.7 Å². The summed E-state index contributed by atoms with van der Waals surface area (Å²) in [6.45, 7) is 4.26. The Morgan fingerprint density at radius 1 is 1.06 bits per heavy atom. The van der Waals surface area contributed by atoms with Crippen LogP contribution in [-0.4, -0.2) is 53.6 Å². The number of nitrogens with one attached hydrogen (secondary N) is 2. The van der Waals surface area contributed by atoms with Gasteiger partial charge in [0.1, 0.15) is 0 Å². The molecule has 2 amide bonds. The van der Waals surface area contributed by atoms with E-state index in [2.05, 4.69) is 20.8 Å². The molecule has 0 saturated heterocycles. The lowest BCUT2D eigenvalue weighted by atomic mass is 10.2. The second-order valence-corrected chi connectivity index (χ2v) is 11.4. The van der Waals surface area contributed by atoms with Crippen molar-refractivity contribution in [1.82, 2.24) is 14.5 Å². The van der Waals surface area contributed by atoms with Gasteiger partial charge in [-0.2, -0.15) is 4.31 Å². The molecule has 1 aromatic heterocycles. The van der Waals surface area contributed by atoms with Gasteiger partial charge in [0.05, 0.1) is 10.6 Å². The average molecular weight is 540 g/mol. The largest absolute Gasteiger partial charge is 0.325 e. The molecule has 3 rings (SSSR count). The molecule has 0 aliphatic rings. The zero-order chi connectivity index (χ0) is 24.7. The van der Waals surface area contributed by atoms with Gasteiger partial charge in [0.15, 0.2) is 4.34 Å². The first-order valence-electron chi connectivity index (χ1n) is 10.2. The zero-order valence-electron chi connectivity index (χ0n) is 18.3. The first kappa shape index (κ1) is 26.1. The van der Waals surface area contributed by atoms with Crippen LogP contribution in [0.15, 0.2) is 57.8 Å². The fourth-order valence-corrected chi connectivity index (χ4v) is 6.06. The predicted octanol–water partition coefficient (Wildman–Crippen LogP) is 4.21. The van der Waals surface area contributed by atoms with E-state index in [9.17, 15) is 18.0 Å². The molecule has 0 unspecified atom stereocenters. The van der Waals surface area contributed by atoms with E-state index in [0.717, 1.165) is 11.3 Å². The van der Waals surface area contributed by atoms with E-state index in [1.807, 2.05) is 0 Å². The number of nitrogens with zero attached hydrogens (tertiary/aromatic N) is 3. The SMILES string of the molecule is CCN(CC)S(=O)(=O)c1ccc(C(=O)Nc2nnc(SCC(=O)Nc3cccc(Cl)c3)s2)cc1. The zero-order valence-corrected chi connectivity index (χ0v) is 21.5. The number of carbonyl (C=O) groups is 2. The van der Waals surface area contributed by atoms with E-state index < -0.39 is 15.9 Å². The molecule has 0 atom stereocenters. The summed E-state index contributed by atoms with van der Waals surface area (Å²) >= 11 is 8.22. The Balaban J connectivity index is 1.55. The Morgan fingerprint density at radius 3 is 2.41 bits per heavy atom. The summed E-state index contributed by atoms with van der Waals surface area (Å²) in [4.78, 5) is 24.7. The maximum atomic E-state index is 12.6. The van der Waals surface area contributed by atoms with Gasteiger partial charge in [0.25, 0.3) is 5.91 Å². The molecule has 0 aliphatic heterocycles. The van der Waals surface area contributed by atoms with Crippen molar-refractivity contribution < 1.29 is 18.0 Å². The van der Waals surface area contributed by atoms with Gasteiger partial charge in [-0.15, -0.1) is 10.2 Å². The molecular weight excluding hydrogens is 518 g/mol. The third-order valence-corrected chi connectivity index (χ3v) is 8.79. The van der Waals surface area contributed by atoms with Gasteiger partial charge in [-0.3, -0.25) is 14.9 Å². The Labute approximate surface area is 211 Å². The summed E-state index contributed by atoms with van der Waals surface area (Å²) in [5.41, 5.74) is 0.878. The van der Waals surface area contributed by atoms with Gasteiger partial charge >= 0.3 is 0 Å². The molecule has 0 bridgehead atoms. The molecule has 34 heavy (non-hydrogen) atoms. The summed E-state index contributed by atoms with van der Waals surface area (Å²) in [7, 11) is -3.60. The normalized spacial score (nSPS) is 11.4. The number of amides is 2. The first-order chi connectivity index (χ1) is 16.2. The van der Waals surface area contributed by atoms with Gasteiger partial charge in [-0.25, -0.2) is 8.42 Å². The van der Waals surface area contributed by atoms with Crippen molar-refractivity contribution >= 4 is 67.4 Å². The molecule has 0 aliphatic carbocycles. The van der Waals surface area contributed by atoms with Crippen LogP contribution in [0.4, 0.5) is 10.8 Å². The molecule has 0 saturated carbocycles. The second kappa shape index (κ2) is 11.8. The molecule has 0 spiro atoms. The van der Waals surface area contributed by atoms with Crippen molar-refractivity contribution in [2.75, 3.05) is 29.5 Å². The minimum atomic E-state index is -3.60. The molecule has 0 radical (unpaired) electrons. The monoisotopic (exact) mass is 539 g/mol. The molecule has 13 heteroatoms. The summed E-state index contributed by atoms with van der Waals surface area (Å²) in [6, 6.07) is 12.5. The Kier molecular flexibility index (Phi) is 9.03. The number of halogens is 1. The molecule has 3 aromatic rings. The van der Waals surface area contributed by atoms with Crippen LogP contribution in [-0.2, 0) is 14.8 Å². The van der Waals surface area contributed by atoms with Gasteiger partial charge in [0, 0.05) is 29.4 Å². The Bertz CT molecular complexity index is 1260. The molecule has 1 heterocycles. The number of rotatable bonds is 10. The van der Waals surface area contributed by atoms with E-state index in [-0.39, 0.29) is 27.3 Å². The summed E-state index contributed by atoms with van der Waals surface area (Å²) < 4.78 is 27.0. The number of thioether (sulfide) groups is 1. The highest BCUT2D eigenvalue weighted by atomic mass is 35.5. The van der Waals surface area contributed by atoms with Crippen LogP contribution in [0.1, 0.15) is 24.2 Å². The fraction of sp³-hybridized carbons (Fsp3) is 0.238. The van der Waals surface area contributed by atoms with Crippen molar-refractivity contribution in [3.63, 3.8) is 0 Å². The lowest BCUT2D eigenvalue weighted by Crippen LogP contribution is -2.30. The molecule has 180 valence electrons. The number of sulfonamides is 1. The van der Waals surface area contributed by atoms with E-state index in [1.165, 1.54) is 40.3 Å². The molecule has 0 fully saturated rings. The highest BCUT2D eigenvalue weighted by Crippen LogP contribution is 2.26. The first-order valence-corrected chi connectivity index (χ1v) is 13.8. The quantitative estimate of drug-likeness (QED) is 0.292. The minimum absolute atomic E-state index is 0.109. The standard InChI is InChI=1S/C21H22ClN5O4S3/c1-3-27(4-2)34(30,31)17-10-8-14(9-11-17)19(29)24-20-25-26-21(33-20)32-13-18(28)23-16-7-5-6-15(22)12-16/h5-12H,3-4,13H2,1-2H3,(H,23,28)(H,24,25,29). The van der Waals surface area contributed by atoms with E-state index in [1.54, 1.807) is 38.1 Å². The van der Waals surface area contributed by atoms with Crippen molar-refractivity contribution in [3.05, 3.63) is 59.1 Å². The van der Waals surface area contributed by atoms with Crippen LogP contribution in [0.2, 0.25) is 5.02 Å². The topological polar surface area (TPSA) is 121 Å². The number of anilines is 2. The number of hydrogen-bond donors (Lipinski definition) is 2. The third kappa shape index (κ3) is 6.76. The summed E-state index contributed by atoms with van der Waals surface area (Å²) in [5.74, 6) is -0.566. The van der Waals surface area contributed by atoms with Crippen LogP contribution in [0.5, 0.6) is 0 Å². The summed E-state index contributed by atoms with van der Waals surface area (Å²) in [6.07, 6.45) is 0. The van der Waals surface area contributed by atoms with Crippen molar-refractivity contribution in [2.24, 2.45) is 0 Å². The maximum absolute atomic E-state index is 12.6. The summed E-state index contributed by atoms with van der Waals surface area (Å²) in [5, 5.41) is 14.1. The molecule has 2 aromatic carbocycles. The van der Waals surface area contributed by atoms with Crippen LogP contribution in [0.3, 0.4) is 0 Å². The molecular formula is C21H22ClN5O4S3. The fourth-order valence-electron chi connectivity index (χ4n) is 2.87. The number of benzene rings is 2. The van der Waals surface area contributed by atoms with Crippen LogP contribution in [0, 0.1) is 0 Å². The van der Waals surface area contributed by atoms with Crippen LogP contribution in [0.25, 0.3) is 0 Å². The number of carbonyl (C=O) groups excluding carboxylic acids is 2. The third-order valence-electron chi connectivity index (χ3n) is 4.52. The van der Waals surface area contributed by atoms with E-state index in [4.69, 9.17) is 11.6 Å². The second-order valence-electron chi connectivity index (χ2n) is 6.79. The van der Waals surface area contributed by atoms with Crippen molar-refractivity contribution in [2.45, 2.75) is 23.1 Å². The lowest BCUT2D eigenvalue weighted by Gasteiger charge is -2.18. The maximum Gasteiger partial charge on any atom is 0.257 e. The van der Waals surface area contributed by atoms with E-state index in [0.29, 0.717) is 28.1 Å². The molecule has 9 nitrogen and oxygen atoms in total. The highest BCUT2D eigenvalue weighted by molar-refractivity contribution is 8.01. The van der Waals surface area contributed by atoms with Crippen LogP contribution < -0.4 is 10.6 Å².